The van der Waals surface area contributed by atoms with Gasteiger partial charge in [-0.15, -0.1) is 0 Å². The molecule has 0 radical (unpaired) electrons. The molecule has 0 saturated heterocycles. The fourth-order valence-corrected chi connectivity index (χ4v) is 2.99. The minimum absolute atomic E-state index is 0.0515. The van der Waals surface area contributed by atoms with E-state index in [1.165, 1.54) is 36.4 Å². The van der Waals surface area contributed by atoms with Gasteiger partial charge in [-0.2, -0.15) is 0 Å². The van der Waals surface area contributed by atoms with Gasteiger partial charge in [-0.25, -0.2) is 0 Å². The minimum Gasteiger partial charge on any atom is -0.508 e. The molecule has 4 rings (SSSR count). The average Bonchev–Trinajstić information content (AvgIpc) is 2.62. The molecule has 0 heterocycles. The van der Waals surface area contributed by atoms with Crippen LogP contribution in [0.1, 0.15) is 31.8 Å². The minimum atomic E-state index is -0.579. The maximum Gasteiger partial charge on any atom is 0.198 e. The van der Waals surface area contributed by atoms with Crippen molar-refractivity contribution in [1.29, 1.82) is 0 Å². The van der Waals surface area contributed by atoms with Gasteiger partial charge in [-0.1, -0.05) is 30.3 Å². The van der Waals surface area contributed by atoms with Crippen LogP contribution in [-0.2, 0) is 0 Å². The van der Waals surface area contributed by atoms with Crippen LogP contribution >= 0.6 is 0 Å². The van der Waals surface area contributed by atoms with Crippen LogP contribution in [0.15, 0.2) is 54.6 Å². The van der Waals surface area contributed by atoms with Gasteiger partial charge >= 0.3 is 0 Å². The van der Waals surface area contributed by atoms with Gasteiger partial charge in [0.1, 0.15) is 17.2 Å². The fraction of sp³-hybridized carbons (Fsp3) is 0. The number of fused-ring (bicyclic) bond motifs is 2. The molecule has 6 nitrogen and oxygen atoms in total. The van der Waals surface area contributed by atoms with Crippen molar-refractivity contribution in [2.75, 3.05) is 0 Å². The molecule has 3 N–H and O–H groups in total. The SMILES string of the molecule is O=C1c2ccccc2C(=O)c2c(O)c(Oc3cccc(O)c3)cc(O)c21. The molecule has 6 heteroatoms. The predicted molar refractivity (Wildman–Crippen MR) is 91.3 cm³/mol. The molecular weight excluding hydrogens is 336 g/mol. The van der Waals surface area contributed by atoms with Crippen molar-refractivity contribution in [3.63, 3.8) is 0 Å². The molecular formula is C20H12O6. The summed E-state index contributed by atoms with van der Waals surface area (Å²) in [5.74, 6) is -2.21. The maximum absolute atomic E-state index is 12.8. The largest absolute Gasteiger partial charge is 0.508 e. The molecule has 1 aliphatic carbocycles. The molecule has 0 bridgehead atoms. The van der Waals surface area contributed by atoms with Crippen LogP contribution in [0.4, 0.5) is 0 Å². The first-order valence-electron chi connectivity index (χ1n) is 7.71. The Balaban J connectivity index is 1.88. The van der Waals surface area contributed by atoms with Crippen molar-refractivity contribution in [2.24, 2.45) is 0 Å². The summed E-state index contributed by atoms with van der Waals surface area (Å²) in [7, 11) is 0. The van der Waals surface area contributed by atoms with Gasteiger partial charge < -0.3 is 20.1 Å². The number of hydrogen-bond acceptors (Lipinski definition) is 6. The van der Waals surface area contributed by atoms with Crippen LogP contribution in [0.5, 0.6) is 28.7 Å². The monoisotopic (exact) mass is 348 g/mol. The van der Waals surface area contributed by atoms with Crippen LogP contribution in [0.25, 0.3) is 0 Å². The second-order valence-corrected chi connectivity index (χ2v) is 5.80. The summed E-state index contributed by atoms with van der Waals surface area (Å²) in [6.07, 6.45) is 0. The summed E-state index contributed by atoms with van der Waals surface area (Å²) in [4.78, 5) is 25.4. The second-order valence-electron chi connectivity index (χ2n) is 5.80. The number of carbonyl (C=O) groups excluding carboxylic acids is 2. The Morgan fingerprint density at radius 2 is 1.38 bits per heavy atom. The molecule has 128 valence electrons. The molecule has 0 fully saturated rings. The van der Waals surface area contributed by atoms with Crippen LogP contribution in [0.2, 0.25) is 0 Å². The first kappa shape index (κ1) is 15.7. The lowest BCUT2D eigenvalue weighted by atomic mass is 9.83. The standard InChI is InChI=1S/C20H12O6/c21-10-4-3-5-11(8-10)26-15-9-14(22)16-17(20(15)25)19(24)13-7-2-1-6-12(13)18(16)23/h1-9,21-22,25H. The molecule has 3 aromatic carbocycles. The Morgan fingerprint density at radius 1 is 0.731 bits per heavy atom. The predicted octanol–water partition coefficient (Wildman–Crippen LogP) is 3.37. The molecule has 0 saturated carbocycles. The molecule has 0 unspecified atom stereocenters. The smallest absolute Gasteiger partial charge is 0.198 e. The lowest BCUT2D eigenvalue weighted by Crippen LogP contribution is -2.21. The Kier molecular flexibility index (Phi) is 3.40. The topological polar surface area (TPSA) is 104 Å². The molecule has 0 aromatic heterocycles. The quantitative estimate of drug-likeness (QED) is 0.480. The maximum atomic E-state index is 12.8. The summed E-state index contributed by atoms with van der Waals surface area (Å²) < 4.78 is 5.47. The third-order valence-electron chi connectivity index (χ3n) is 4.16. The van der Waals surface area contributed by atoms with E-state index in [2.05, 4.69) is 0 Å². The van der Waals surface area contributed by atoms with Crippen LogP contribution in [-0.4, -0.2) is 26.9 Å². The van der Waals surface area contributed by atoms with Crippen molar-refractivity contribution in [3.05, 3.63) is 76.9 Å². The molecule has 0 amide bonds. The van der Waals surface area contributed by atoms with Crippen molar-refractivity contribution in [3.8, 4) is 28.7 Å². The molecule has 0 spiro atoms. The van der Waals surface area contributed by atoms with Crippen LogP contribution in [0.3, 0.4) is 0 Å². The summed E-state index contributed by atoms with van der Waals surface area (Å²) in [6, 6.07) is 13.1. The van der Waals surface area contributed by atoms with Gasteiger partial charge in [0.2, 0.25) is 0 Å². The summed E-state index contributed by atoms with van der Waals surface area (Å²) >= 11 is 0. The third kappa shape index (κ3) is 2.28. The molecule has 1 aliphatic rings. The van der Waals surface area contributed by atoms with Crippen LogP contribution in [0, 0.1) is 0 Å². The number of phenols is 3. The number of aromatic hydroxyl groups is 3. The van der Waals surface area contributed by atoms with Crippen molar-refractivity contribution in [2.45, 2.75) is 0 Å². The summed E-state index contributed by atoms with van der Waals surface area (Å²) in [6.45, 7) is 0. The van der Waals surface area contributed by atoms with E-state index in [9.17, 15) is 24.9 Å². The molecule has 3 aromatic rings. The van der Waals surface area contributed by atoms with Crippen molar-refractivity contribution < 1.29 is 29.6 Å². The number of rotatable bonds is 2. The summed E-state index contributed by atoms with van der Waals surface area (Å²) in [5.41, 5.74) is -0.242. The second kappa shape index (κ2) is 5.63. The zero-order valence-corrected chi connectivity index (χ0v) is 13.3. The Labute approximate surface area is 147 Å². The Bertz CT molecular complexity index is 1080. The highest BCUT2D eigenvalue weighted by Crippen LogP contribution is 2.44. The number of ketones is 2. The number of phenolic OH excluding ortho intramolecular Hbond substituents is 3. The van der Waals surface area contributed by atoms with E-state index in [1.807, 2.05) is 0 Å². The normalized spacial score (nSPS) is 12.5. The van der Waals surface area contributed by atoms with Gasteiger partial charge in [-0.05, 0) is 12.1 Å². The number of ether oxygens (including phenoxy) is 1. The number of benzene rings is 3. The van der Waals surface area contributed by atoms with Crippen molar-refractivity contribution >= 4 is 11.6 Å². The van der Waals surface area contributed by atoms with E-state index in [0.717, 1.165) is 6.07 Å². The van der Waals surface area contributed by atoms with E-state index in [-0.39, 0.29) is 39.5 Å². The summed E-state index contributed by atoms with van der Waals surface area (Å²) in [5, 5.41) is 30.3. The zero-order valence-electron chi connectivity index (χ0n) is 13.3. The van der Waals surface area contributed by atoms with E-state index < -0.39 is 23.1 Å². The molecule has 26 heavy (non-hydrogen) atoms. The number of hydrogen-bond donors (Lipinski definition) is 3. The van der Waals surface area contributed by atoms with E-state index in [4.69, 9.17) is 4.74 Å². The van der Waals surface area contributed by atoms with Gasteiger partial charge in [-0.3, -0.25) is 9.59 Å². The van der Waals surface area contributed by atoms with E-state index in [1.54, 1.807) is 12.1 Å². The van der Waals surface area contributed by atoms with E-state index >= 15 is 0 Å². The fourth-order valence-electron chi connectivity index (χ4n) is 2.99. The van der Waals surface area contributed by atoms with Crippen molar-refractivity contribution in [1.82, 2.24) is 0 Å². The highest BCUT2D eigenvalue weighted by molar-refractivity contribution is 6.30. The first-order chi connectivity index (χ1) is 12.5. The van der Waals surface area contributed by atoms with Gasteiger partial charge in [0.25, 0.3) is 0 Å². The average molecular weight is 348 g/mol. The van der Waals surface area contributed by atoms with E-state index in [0.29, 0.717) is 0 Å². The Hall–Kier alpha value is -3.80. The van der Waals surface area contributed by atoms with Gasteiger partial charge in [0, 0.05) is 23.3 Å². The first-order valence-corrected chi connectivity index (χ1v) is 7.71. The lowest BCUT2D eigenvalue weighted by molar-refractivity contribution is 0.0973. The highest BCUT2D eigenvalue weighted by Gasteiger charge is 2.36. The van der Waals surface area contributed by atoms with Crippen LogP contribution < -0.4 is 4.74 Å². The third-order valence-corrected chi connectivity index (χ3v) is 4.16. The number of carbonyl (C=O) groups is 2. The molecule has 0 atom stereocenters. The highest BCUT2D eigenvalue weighted by atomic mass is 16.5. The lowest BCUT2D eigenvalue weighted by Gasteiger charge is -2.20. The van der Waals surface area contributed by atoms with Gasteiger partial charge in [0.15, 0.2) is 23.1 Å². The molecule has 0 aliphatic heterocycles. The zero-order chi connectivity index (χ0) is 18.4. The Morgan fingerprint density at radius 3 is 2.04 bits per heavy atom. The van der Waals surface area contributed by atoms with Gasteiger partial charge in [0.05, 0.1) is 11.1 Å².